The van der Waals surface area contributed by atoms with Gasteiger partial charge in [-0.3, -0.25) is 4.79 Å². The molecule has 4 heteroatoms. The maximum atomic E-state index is 9.86. The number of hydrogen-bond donors (Lipinski definition) is 1. The van der Waals surface area contributed by atoms with Crippen molar-refractivity contribution in [1.29, 1.82) is 0 Å². The molecule has 0 atom stereocenters. The molecule has 0 aliphatic heterocycles. The summed E-state index contributed by atoms with van der Waals surface area (Å²) in [6.45, 7) is 0. The Hall–Kier alpha value is -0.350. The second-order valence-corrected chi connectivity index (χ2v) is 3.22. The molecule has 1 aromatic rings. The summed E-state index contributed by atoms with van der Waals surface area (Å²) >= 11 is 4.74. The summed E-state index contributed by atoms with van der Waals surface area (Å²) in [5.41, 5.74) is 0. The van der Waals surface area contributed by atoms with E-state index < -0.39 is 0 Å². The minimum Gasteiger partial charge on any atom is -0.320 e. The molecule has 1 aromatic heterocycles. The van der Waals surface area contributed by atoms with Crippen LogP contribution in [0.15, 0.2) is 15.9 Å². The molecule has 0 aliphatic rings. The van der Waals surface area contributed by atoms with Crippen LogP contribution in [0.25, 0.3) is 0 Å². The molecule has 0 saturated carbocycles. The Bertz CT molecular complexity index is 210. The molecular weight excluding hydrogens is 202 g/mol. The largest absolute Gasteiger partial charge is 0.320 e. The van der Waals surface area contributed by atoms with Gasteiger partial charge in [0, 0.05) is 9.85 Å². The van der Waals surface area contributed by atoms with Gasteiger partial charge >= 0.3 is 0 Å². The number of carbonyl (C=O) groups is 1. The van der Waals surface area contributed by atoms with Crippen molar-refractivity contribution in [3.8, 4) is 0 Å². The molecule has 48 valence electrons. The Kier molecular flexibility index (Phi) is 2.24. The van der Waals surface area contributed by atoms with Gasteiger partial charge in [-0.2, -0.15) is 0 Å². The summed E-state index contributed by atoms with van der Waals surface area (Å²) in [5, 5.41) is 5.30. The van der Waals surface area contributed by atoms with Crippen molar-refractivity contribution in [2.45, 2.75) is 0 Å². The van der Waals surface area contributed by atoms with Crippen molar-refractivity contribution < 1.29 is 4.79 Å². The predicted octanol–water partition coefficient (Wildman–Crippen LogP) is 2.08. The molecule has 1 amide bonds. The standard InChI is InChI=1S/C5H4BrNOS/c6-4-1-5(7-3-8)9-2-4/h1-3H,(H,7,8). The first-order valence-electron chi connectivity index (χ1n) is 2.27. The first kappa shape index (κ1) is 6.77. The SMILES string of the molecule is O=CNc1cc(Br)cs1. The molecule has 1 heterocycles. The molecule has 1 N–H and O–H groups in total. The summed E-state index contributed by atoms with van der Waals surface area (Å²) in [7, 11) is 0. The number of rotatable bonds is 2. The smallest absolute Gasteiger partial charge is 0.212 e. The lowest BCUT2D eigenvalue weighted by Gasteiger charge is -1.85. The van der Waals surface area contributed by atoms with Crippen LogP contribution in [0.5, 0.6) is 0 Å². The number of nitrogens with one attached hydrogen (secondary N) is 1. The molecule has 2 nitrogen and oxygen atoms in total. The van der Waals surface area contributed by atoms with E-state index in [0.29, 0.717) is 6.41 Å². The Morgan fingerprint density at radius 2 is 2.56 bits per heavy atom. The molecule has 0 spiro atoms. The summed E-state index contributed by atoms with van der Waals surface area (Å²) in [5.74, 6) is 0. The maximum Gasteiger partial charge on any atom is 0.212 e. The van der Waals surface area contributed by atoms with E-state index in [1.807, 2.05) is 11.4 Å². The van der Waals surface area contributed by atoms with Crippen molar-refractivity contribution >= 4 is 38.7 Å². The van der Waals surface area contributed by atoms with Crippen LogP contribution < -0.4 is 5.32 Å². The van der Waals surface area contributed by atoms with Gasteiger partial charge in [0.2, 0.25) is 6.41 Å². The van der Waals surface area contributed by atoms with Gasteiger partial charge in [0.25, 0.3) is 0 Å². The average Bonchev–Trinajstić information content (AvgIpc) is 2.17. The van der Waals surface area contributed by atoms with Gasteiger partial charge in [-0.1, -0.05) is 0 Å². The molecule has 0 bridgehead atoms. The van der Waals surface area contributed by atoms with Gasteiger partial charge in [0.1, 0.15) is 0 Å². The number of carbonyl (C=O) groups excluding carboxylic acids is 1. The molecule has 9 heavy (non-hydrogen) atoms. The quantitative estimate of drug-likeness (QED) is 0.737. The average molecular weight is 206 g/mol. The van der Waals surface area contributed by atoms with Gasteiger partial charge in [0.15, 0.2) is 0 Å². The highest BCUT2D eigenvalue weighted by molar-refractivity contribution is 9.10. The summed E-state index contributed by atoms with van der Waals surface area (Å²) in [6, 6.07) is 1.85. The highest BCUT2D eigenvalue weighted by Crippen LogP contribution is 2.23. The highest BCUT2D eigenvalue weighted by Gasteiger charge is 1.92. The van der Waals surface area contributed by atoms with Crippen LogP contribution in [0.3, 0.4) is 0 Å². The Morgan fingerprint density at radius 3 is 3.00 bits per heavy atom. The zero-order chi connectivity index (χ0) is 6.69. The lowest BCUT2D eigenvalue weighted by Crippen LogP contribution is -1.88. The molecule has 0 saturated heterocycles. The van der Waals surface area contributed by atoms with E-state index in [1.165, 1.54) is 11.3 Å². The zero-order valence-electron chi connectivity index (χ0n) is 4.43. The summed E-state index contributed by atoms with van der Waals surface area (Å²) in [4.78, 5) is 9.86. The third-order valence-corrected chi connectivity index (χ3v) is 2.39. The minimum atomic E-state index is 0.665. The lowest BCUT2D eigenvalue weighted by molar-refractivity contribution is -0.105. The first-order chi connectivity index (χ1) is 4.33. The van der Waals surface area contributed by atoms with E-state index in [1.54, 1.807) is 0 Å². The Balaban J connectivity index is 2.72. The lowest BCUT2D eigenvalue weighted by atomic mass is 10.6. The second-order valence-electron chi connectivity index (χ2n) is 1.39. The van der Waals surface area contributed by atoms with Crippen LogP contribution in [0.2, 0.25) is 0 Å². The monoisotopic (exact) mass is 205 g/mol. The van der Waals surface area contributed by atoms with Crippen molar-refractivity contribution in [2.24, 2.45) is 0 Å². The van der Waals surface area contributed by atoms with Gasteiger partial charge in [-0.25, -0.2) is 0 Å². The van der Waals surface area contributed by atoms with Crippen LogP contribution in [0.1, 0.15) is 0 Å². The minimum absolute atomic E-state index is 0.665. The fraction of sp³-hybridized carbons (Fsp3) is 0. The Labute approximate surface area is 65.0 Å². The Morgan fingerprint density at radius 1 is 1.78 bits per heavy atom. The van der Waals surface area contributed by atoms with Gasteiger partial charge in [0.05, 0.1) is 5.00 Å². The van der Waals surface area contributed by atoms with E-state index in [9.17, 15) is 4.79 Å². The van der Waals surface area contributed by atoms with Crippen molar-refractivity contribution in [1.82, 2.24) is 0 Å². The van der Waals surface area contributed by atoms with E-state index in [0.717, 1.165) is 9.47 Å². The molecule has 1 rings (SSSR count). The number of amides is 1. The topological polar surface area (TPSA) is 29.1 Å². The van der Waals surface area contributed by atoms with E-state index in [-0.39, 0.29) is 0 Å². The summed E-state index contributed by atoms with van der Waals surface area (Å²) in [6.07, 6.45) is 0.665. The predicted molar refractivity (Wildman–Crippen MR) is 41.7 cm³/mol. The fourth-order valence-corrected chi connectivity index (χ4v) is 1.73. The number of hydrogen-bond acceptors (Lipinski definition) is 2. The number of halogens is 1. The van der Waals surface area contributed by atoms with Gasteiger partial charge in [-0.05, 0) is 22.0 Å². The highest BCUT2D eigenvalue weighted by atomic mass is 79.9. The number of thiophene rings is 1. The molecular formula is C5H4BrNOS. The van der Waals surface area contributed by atoms with Gasteiger partial charge in [-0.15, -0.1) is 11.3 Å². The second kappa shape index (κ2) is 2.98. The van der Waals surface area contributed by atoms with Crippen molar-refractivity contribution in [2.75, 3.05) is 5.32 Å². The summed E-state index contributed by atoms with van der Waals surface area (Å²) < 4.78 is 0.997. The normalized spacial score (nSPS) is 9.00. The number of anilines is 1. The molecule has 0 aromatic carbocycles. The zero-order valence-corrected chi connectivity index (χ0v) is 6.83. The van der Waals surface area contributed by atoms with E-state index >= 15 is 0 Å². The fourth-order valence-electron chi connectivity index (χ4n) is 0.447. The third kappa shape index (κ3) is 1.80. The van der Waals surface area contributed by atoms with Crippen LogP contribution >= 0.6 is 27.3 Å². The van der Waals surface area contributed by atoms with Gasteiger partial charge < -0.3 is 5.32 Å². The molecule has 0 fully saturated rings. The third-order valence-electron chi connectivity index (χ3n) is 0.769. The van der Waals surface area contributed by atoms with Crippen molar-refractivity contribution in [3.63, 3.8) is 0 Å². The van der Waals surface area contributed by atoms with Crippen LogP contribution in [-0.2, 0) is 4.79 Å². The first-order valence-corrected chi connectivity index (χ1v) is 3.94. The maximum absolute atomic E-state index is 9.86. The van der Waals surface area contributed by atoms with E-state index in [4.69, 9.17) is 0 Å². The van der Waals surface area contributed by atoms with Crippen LogP contribution in [0, 0.1) is 0 Å². The van der Waals surface area contributed by atoms with E-state index in [2.05, 4.69) is 21.2 Å². The molecule has 0 radical (unpaired) electrons. The molecule has 0 unspecified atom stereocenters. The van der Waals surface area contributed by atoms with Crippen molar-refractivity contribution in [3.05, 3.63) is 15.9 Å². The van der Waals surface area contributed by atoms with Crippen LogP contribution in [0.4, 0.5) is 5.00 Å². The van der Waals surface area contributed by atoms with Crippen LogP contribution in [-0.4, -0.2) is 6.41 Å². The molecule has 0 aliphatic carbocycles.